The second-order valence-corrected chi connectivity index (χ2v) is 5.61. The summed E-state index contributed by atoms with van der Waals surface area (Å²) in [7, 11) is 1.63. The Kier molecular flexibility index (Phi) is 3.72. The van der Waals surface area contributed by atoms with Gasteiger partial charge in [-0.15, -0.1) is 0 Å². The summed E-state index contributed by atoms with van der Waals surface area (Å²) >= 11 is 3.33. The third kappa shape index (κ3) is 2.89. The van der Waals surface area contributed by atoms with Crippen molar-refractivity contribution in [1.29, 1.82) is 0 Å². The molecular weight excluding hydrogens is 350 g/mol. The van der Waals surface area contributed by atoms with Crippen molar-refractivity contribution in [2.45, 2.75) is 0 Å². The van der Waals surface area contributed by atoms with Crippen LogP contribution in [-0.4, -0.2) is 10.6 Å². The van der Waals surface area contributed by atoms with E-state index in [-0.39, 0.29) is 6.03 Å². The number of oxazole rings is 1. The highest BCUT2D eigenvalue weighted by molar-refractivity contribution is 9.10. The number of carbonyl (C=O) groups excluding carboxylic acids is 1. The average Bonchev–Trinajstić information content (AvgIpc) is 2.76. The second kappa shape index (κ2) is 5.69. The number of nitrogens with one attached hydrogen (secondary N) is 2. The van der Waals surface area contributed by atoms with Gasteiger partial charge in [0.15, 0.2) is 5.58 Å². The molecule has 2 aromatic carbocycles. The zero-order valence-corrected chi connectivity index (χ0v) is 13.2. The molecule has 2 amide bonds. The summed E-state index contributed by atoms with van der Waals surface area (Å²) in [6.45, 7) is 0. The molecule has 0 atom stereocenters. The Bertz CT molecular complexity index is 897. The van der Waals surface area contributed by atoms with E-state index in [2.05, 4.69) is 26.6 Å². The molecule has 22 heavy (non-hydrogen) atoms. The summed E-state index contributed by atoms with van der Waals surface area (Å²) in [5.41, 5.74) is 2.31. The SMILES string of the molecule is Cn1c(=O)oc2cc(NC(=O)Nc3ccc(Br)cc3)ccc21. The predicted molar refractivity (Wildman–Crippen MR) is 88.2 cm³/mol. The molecule has 3 aromatic rings. The number of aromatic nitrogens is 1. The lowest BCUT2D eigenvalue weighted by molar-refractivity contribution is 0.262. The van der Waals surface area contributed by atoms with Gasteiger partial charge >= 0.3 is 11.8 Å². The smallest absolute Gasteiger partial charge is 0.408 e. The van der Waals surface area contributed by atoms with Crippen LogP contribution in [0.1, 0.15) is 0 Å². The maximum Gasteiger partial charge on any atom is 0.419 e. The van der Waals surface area contributed by atoms with Crippen LogP contribution in [0.3, 0.4) is 0 Å². The first-order valence-corrected chi connectivity index (χ1v) is 7.25. The molecule has 7 heteroatoms. The number of benzene rings is 2. The molecule has 6 nitrogen and oxygen atoms in total. The Morgan fingerprint density at radius 2 is 1.73 bits per heavy atom. The highest BCUT2D eigenvalue weighted by atomic mass is 79.9. The average molecular weight is 362 g/mol. The van der Waals surface area contributed by atoms with Crippen molar-refractivity contribution in [3.63, 3.8) is 0 Å². The number of halogens is 1. The number of rotatable bonds is 2. The van der Waals surface area contributed by atoms with Crippen molar-refractivity contribution >= 4 is 44.4 Å². The molecule has 0 aliphatic rings. The molecule has 3 rings (SSSR count). The van der Waals surface area contributed by atoms with Crippen LogP contribution in [0.5, 0.6) is 0 Å². The normalized spacial score (nSPS) is 10.6. The Labute approximate surface area is 133 Å². The van der Waals surface area contributed by atoms with Gasteiger partial charge in [0.25, 0.3) is 0 Å². The zero-order valence-electron chi connectivity index (χ0n) is 11.6. The largest absolute Gasteiger partial charge is 0.419 e. The van der Waals surface area contributed by atoms with Gasteiger partial charge in [-0.25, -0.2) is 9.59 Å². The molecule has 0 saturated carbocycles. The summed E-state index contributed by atoms with van der Waals surface area (Å²) in [5, 5.41) is 5.41. The molecule has 112 valence electrons. The van der Waals surface area contributed by atoms with Crippen LogP contribution < -0.4 is 16.4 Å². The molecule has 0 fully saturated rings. The fourth-order valence-corrected chi connectivity index (χ4v) is 2.30. The minimum absolute atomic E-state index is 0.375. The number of carbonyl (C=O) groups is 1. The van der Waals surface area contributed by atoms with Crippen molar-refractivity contribution in [2.75, 3.05) is 10.6 Å². The van der Waals surface area contributed by atoms with E-state index in [1.807, 2.05) is 12.1 Å². The van der Waals surface area contributed by atoms with Crippen LogP contribution in [0.15, 0.2) is 56.1 Å². The number of urea groups is 1. The van der Waals surface area contributed by atoms with Crippen LogP contribution in [0.4, 0.5) is 16.2 Å². The van der Waals surface area contributed by atoms with E-state index in [9.17, 15) is 9.59 Å². The Morgan fingerprint density at radius 1 is 1.09 bits per heavy atom. The fourth-order valence-electron chi connectivity index (χ4n) is 2.04. The number of hydrogen-bond donors (Lipinski definition) is 2. The molecule has 2 N–H and O–H groups in total. The summed E-state index contributed by atoms with van der Waals surface area (Å²) < 4.78 is 7.42. The van der Waals surface area contributed by atoms with E-state index in [0.717, 1.165) is 4.47 Å². The summed E-state index contributed by atoms with van der Waals surface area (Å²) in [4.78, 5) is 23.4. The number of amides is 2. The summed E-state index contributed by atoms with van der Waals surface area (Å²) in [6.07, 6.45) is 0. The van der Waals surface area contributed by atoms with Crippen LogP contribution in [-0.2, 0) is 7.05 Å². The fraction of sp³-hybridized carbons (Fsp3) is 0.0667. The summed E-state index contributed by atoms with van der Waals surface area (Å²) in [6, 6.07) is 11.9. The minimum atomic E-state index is -0.438. The Morgan fingerprint density at radius 3 is 2.45 bits per heavy atom. The van der Waals surface area contributed by atoms with Gasteiger partial charge in [0.2, 0.25) is 0 Å². The van der Waals surface area contributed by atoms with Gasteiger partial charge in [-0.1, -0.05) is 15.9 Å². The Hall–Kier alpha value is -2.54. The van der Waals surface area contributed by atoms with E-state index in [1.54, 1.807) is 37.4 Å². The molecule has 0 radical (unpaired) electrons. The molecule has 0 bridgehead atoms. The zero-order chi connectivity index (χ0) is 15.7. The standard InChI is InChI=1S/C15H12BrN3O3/c1-19-12-7-6-11(8-13(12)22-15(19)21)18-14(20)17-10-4-2-9(16)3-5-10/h2-8H,1H3,(H2,17,18,20). The lowest BCUT2D eigenvalue weighted by Crippen LogP contribution is -2.19. The second-order valence-electron chi connectivity index (χ2n) is 4.70. The third-order valence-corrected chi connectivity index (χ3v) is 3.68. The molecule has 0 unspecified atom stereocenters. The van der Waals surface area contributed by atoms with Crippen LogP contribution in [0.2, 0.25) is 0 Å². The van der Waals surface area contributed by atoms with Gasteiger partial charge < -0.3 is 15.1 Å². The number of anilines is 2. The number of hydrogen-bond acceptors (Lipinski definition) is 3. The van der Waals surface area contributed by atoms with E-state index in [0.29, 0.717) is 22.5 Å². The van der Waals surface area contributed by atoms with Crippen molar-refractivity contribution in [3.05, 3.63) is 57.5 Å². The Balaban J connectivity index is 1.76. The molecule has 1 aromatic heterocycles. The van der Waals surface area contributed by atoms with E-state index in [4.69, 9.17) is 4.42 Å². The molecule has 0 saturated heterocycles. The highest BCUT2D eigenvalue weighted by Crippen LogP contribution is 2.18. The van der Waals surface area contributed by atoms with Gasteiger partial charge in [-0.3, -0.25) is 4.57 Å². The van der Waals surface area contributed by atoms with Gasteiger partial charge in [-0.05, 0) is 36.4 Å². The monoisotopic (exact) mass is 361 g/mol. The molecule has 0 aliphatic carbocycles. The van der Waals surface area contributed by atoms with Crippen molar-refractivity contribution < 1.29 is 9.21 Å². The minimum Gasteiger partial charge on any atom is -0.408 e. The third-order valence-electron chi connectivity index (χ3n) is 3.15. The number of aryl methyl sites for hydroxylation is 1. The van der Waals surface area contributed by atoms with Crippen molar-refractivity contribution in [2.24, 2.45) is 7.05 Å². The van der Waals surface area contributed by atoms with E-state index in [1.165, 1.54) is 4.57 Å². The quantitative estimate of drug-likeness (QED) is 0.732. The first kappa shape index (κ1) is 14.4. The lowest BCUT2D eigenvalue weighted by atomic mass is 10.3. The number of fused-ring (bicyclic) bond motifs is 1. The molecule has 0 aliphatic heterocycles. The molecule has 1 heterocycles. The highest BCUT2D eigenvalue weighted by Gasteiger charge is 2.08. The predicted octanol–water partition coefficient (Wildman–Crippen LogP) is 3.54. The molecular formula is C15H12BrN3O3. The summed E-state index contributed by atoms with van der Waals surface area (Å²) in [5.74, 6) is -0.438. The number of nitrogens with zero attached hydrogens (tertiary/aromatic N) is 1. The van der Waals surface area contributed by atoms with E-state index < -0.39 is 5.76 Å². The van der Waals surface area contributed by atoms with Gasteiger partial charge in [0.05, 0.1) is 5.52 Å². The topological polar surface area (TPSA) is 76.3 Å². The van der Waals surface area contributed by atoms with Gasteiger partial charge in [0, 0.05) is 29.0 Å². The maximum absolute atomic E-state index is 11.9. The van der Waals surface area contributed by atoms with E-state index >= 15 is 0 Å². The first-order chi connectivity index (χ1) is 10.5. The lowest BCUT2D eigenvalue weighted by Gasteiger charge is -2.07. The first-order valence-electron chi connectivity index (χ1n) is 6.46. The van der Waals surface area contributed by atoms with Gasteiger partial charge in [-0.2, -0.15) is 0 Å². The van der Waals surface area contributed by atoms with Crippen molar-refractivity contribution in [3.8, 4) is 0 Å². The van der Waals surface area contributed by atoms with Gasteiger partial charge in [0.1, 0.15) is 0 Å². The van der Waals surface area contributed by atoms with Crippen LogP contribution in [0.25, 0.3) is 11.1 Å². The van der Waals surface area contributed by atoms with Crippen LogP contribution >= 0.6 is 15.9 Å². The maximum atomic E-state index is 11.9. The molecule has 0 spiro atoms. The van der Waals surface area contributed by atoms with Crippen molar-refractivity contribution in [1.82, 2.24) is 4.57 Å². The van der Waals surface area contributed by atoms with Crippen LogP contribution in [0, 0.1) is 0 Å².